The molecule has 21 heavy (non-hydrogen) atoms. The molecule has 1 N–H and O–H groups in total. The third-order valence-electron chi connectivity index (χ3n) is 4.53. The van der Waals surface area contributed by atoms with Gasteiger partial charge in [-0.25, -0.2) is 4.98 Å². The maximum absolute atomic E-state index is 5.71. The number of nitrogens with one attached hydrogen (secondary N) is 1. The van der Waals surface area contributed by atoms with Gasteiger partial charge in [-0.2, -0.15) is 5.10 Å². The number of furan rings is 1. The largest absolute Gasteiger partial charge is 0.466 e. The van der Waals surface area contributed by atoms with Crippen LogP contribution >= 0.6 is 0 Å². The standard InChI is InChI=1S/C16H24N4O/c1-12(15-4-3-13(2)21-15)5-8-20-9-6-14(7-10-20)16-17-11-18-19-16/h3-4,11-12,14H,5-10H2,1-2H3,(H,17,18,19)/t12-/m1/s1. The second-order valence-corrected chi connectivity index (χ2v) is 6.12. The van der Waals surface area contributed by atoms with Crippen molar-refractivity contribution in [1.82, 2.24) is 20.1 Å². The van der Waals surface area contributed by atoms with E-state index in [0.717, 1.165) is 43.4 Å². The van der Waals surface area contributed by atoms with Gasteiger partial charge in [0, 0.05) is 11.8 Å². The van der Waals surface area contributed by atoms with Gasteiger partial charge in [-0.3, -0.25) is 5.10 Å². The lowest BCUT2D eigenvalue weighted by molar-refractivity contribution is 0.201. The number of aromatic amines is 1. The summed E-state index contributed by atoms with van der Waals surface area (Å²) >= 11 is 0. The Kier molecular flexibility index (Phi) is 4.39. The Labute approximate surface area is 125 Å². The molecule has 0 unspecified atom stereocenters. The van der Waals surface area contributed by atoms with E-state index < -0.39 is 0 Å². The van der Waals surface area contributed by atoms with E-state index >= 15 is 0 Å². The van der Waals surface area contributed by atoms with Crippen molar-refractivity contribution in [2.75, 3.05) is 19.6 Å². The molecule has 2 aromatic rings. The summed E-state index contributed by atoms with van der Waals surface area (Å²) in [6.45, 7) is 7.69. The molecule has 1 aliphatic rings. The van der Waals surface area contributed by atoms with Gasteiger partial charge >= 0.3 is 0 Å². The van der Waals surface area contributed by atoms with Crippen LogP contribution in [0.1, 0.15) is 55.4 Å². The van der Waals surface area contributed by atoms with E-state index in [9.17, 15) is 0 Å². The SMILES string of the molecule is Cc1ccc([C@H](C)CCN2CCC(c3ncn[nH]3)CC2)o1. The summed E-state index contributed by atoms with van der Waals surface area (Å²) in [6.07, 6.45) is 5.10. The lowest BCUT2D eigenvalue weighted by Crippen LogP contribution is -2.34. The maximum Gasteiger partial charge on any atom is 0.137 e. The van der Waals surface area contributed by atoms with Crippen molar-refractivity contribution < 1.29 is 4.42 Å². The molecular formula is C16H24N4O. The highest BCUT2D eigenvalue weighted by atomic mass is 16.3. The normalized spacial score (nSPS) is 19.0. The summed E-state index contributed by atoms with van der Waals surface area (Å²) in [4.78, 5) is 6.84. The smallest absolute Gasteiger partial charge is 0.137 e. The van der Waals surface area contributed by atoms with Gasteiger partial charge in [0.1, 0.15) is 23.7 Å². The summed E-state index contributed by atoms with van der Waals surface area (Å²) in [5.74, 6) is 4.21. The fourth-order valence-electron chi connectivity index (χ4n) is 3.08. The Morgan fingerprint density at radius 3 is 2.81 bits per heavy atom. The topological polar surface area (TPSA) is 58.0 Å². The monoisotopic (exact) mass is 288 g/mol. The van der Waals surface area contributed by atoms with E-state index in [1.54, 1.807) is 6.33 Å². The average molecular weight is 288 g/mol. The molecule has 1 atom stereocenters. The van der Waals surface area contributed by atoms with Crippen LogP contribution in [0, 0.1) is 6.92 Å². The molecule has 1 aliphatic heterocycles. The lowest BCUT2D eigenvalue weighted by atomic mass is 9.95. The molecule has 0 amide bonds. The van der Waals surface area contributed by atoms with Gasteiger partial charge < -0.3 is 9.32 Å². The van der Waals surface area contributed by atoms with Crippen LogP contribution in [0.3, 0.4) is 0 Å². The summed E-state index contributed by atoms with van der Waals surface area (Å²) < 4.78 is 5.71. The van der Waals surface area contributed by atoms with E-state index in [1.165, 1.54) is 12.8 Å². The van der Waals surface area contributed by atoms with Crippen molar-refractivity contribution in [2.24, 2.45) is 0 Å². The predicted octanol–water partition coefficient (Wildman–Crippen LogP) is 3.08. The first-order valence-corrected chi connectivity index (χ1v) is 7.86. The number of H-pyrrole nitrogens is 1. The second kappa shape index (κ2) is 6.43. The van der Waals surface area contributed by atoms with Crippen molar-refractivity contribution in [3.8, 4) is 0 Å². The van der Waals surface area contributed by atoms with Gasteiger partial charge in [-0.15, -0.1) is 0 Å². The van der Waals surface area contributed by atoms with Gasteiger partial charge in [0.2, 0.25) is 0 Å². The van der Waals surface area contributed by atoms with Crippen LogP contribution in [0.5, 0.6) is 0 Å². The third-order valence-corrected chi connectivity index (χ3v) is 4.53. The van der Waals surface area contributed by atoms with Crippen LogP contribution in [0.15, 0.2) is 22.9 Å². The molecule has 1 fully saturated rings. The number of aryl methyl sites for hydroxylation is 1. The van der Waals surface area contributed by atoms with E-state index in [-0.39, 0.29) is 0 Å². The van der Waals surface area contributed by atoms with E-state index in [2.05, 4.69) is 39.1 Å². The molecule has 2 aromatic heterocycles. The van der Waals surface area contributed by atoms with E-state index in [4.69, 9.17) is 4.42 Å². The highest BCUT2D eigenvalue weighted by Crippen LogP contribution is 2.26. The Bertz CT molecular complexity index is 540. The quantitative estimate of drug-likeness (QED) is 0.918. The molecule has 0 radical (unpaired) electrons. The third kappa shape index (κ3) is 3.53. The van der Waals surface area contributed by atoms with Crippen LogP contribution in [0.25, 0.3) is 0 Å². The molecule has 1 saturated heterocycles. The predicted molar refractivity (Wildman–Crippen MR) is 81.3 cm³/mol. The highest BCUT2D eigenvalue weighted by molar-refractivity contribution is 5.09. The molecule has 5 heteroatoms. The van der Waals surface area contributed by atoms with E-state index in [0.29, 0.717) is 11.8 Å². The summed E-state index contributed by atoms with van der Waals surface area (Å²) in [7, 11) is 0. The van der Waals surface area contributed by atoms with Crippen molar-refractivity contribution in [3.63, 3.8) is 0 Å². The van der Waals surface area contributed by atoms with Gasteiger partial charge in [-0.05, 0) is 58.0 Å². The minimum absolute atomic E-state index is 0.491. The molecular weight excluding hydrogens is 264 g/mol. The minimum atomic E-state index is 0.491. The highest BCUT2D eigenvalue weighted by Gasteiger charge is 2.22. The van der Waals surface area contributed by atoms with Gasteiger partial charge in [0.05, 0.1) is 0 Å². The van der Waals surface area contributed by atoms with Crippen LogP contribution in [0.2, 0.25) is 0 Å². The van der Waals surface area contributed by atoms with Crippen molar-refractivity contribution in [3.05, 3.63) is 35.8 Å². The molecule has 0 saturated carbocycles. The minimum Gasteiger partial charge on any atom is -0.466 e. The number of nitrogens with zero attached hydrogens (tertiary/aromatic N) is 3. The van der Waals surface area contributed by atoms with Crippen molar-refractivity contribution >= 4 is 0 Å². The fraction of sp³-hybridized carbons (Fsp3) is 0.625. The van der Waals surface area contributed by atoms with Crippen molar-refractivity contribution in [2.45, 2.75) is 44.9 Å². The summed E-state index contributed by atoms with van der Waals surface area (Å²) in [5.41, 5.74) is 0. The van der Waals surface area contributed by atoms with Crippen molar-refractivity contribution in [1.29, 1.82) is 0 Å². The Balaban J connectivity index is 1.43. The van der Waals surface area contributed by atoms with Crippen LogP contribution in [-0.2, 0) is 0 Å². The first kappa shape index (κ1) is 14.3. The summed E-state index contributed by atoms with van der Waals surface area (Å²) in [6, 6.07) is 4.16. The average Bonchev–Trinajstić information content (AvgIpc) is 3.16. The zero-order valence-corrected chi connectivity index (χ0v) is 12.9. The molecule has 0 aliphatic carbocycles. The maximum atomic E-state index is 5.71. The Hall–Kier alpha value is -1.62. The Morgan fingerprint density at radius 2 is 2.19 bits per heavy atom. The number of hydrogen-bond acceptors (Lipinski definition) is 4. The number of likely N-dealkylation sites (tertiary alicyclic amines) is 1. The second-order valence-electron chi connectivity index (χ2n) is 6.12. The zero-order valence-electron chi connectivity index (χ0n) is 12.9. The Morgan fingerprint density at radius 1 is 1.38 bits per heavy atom. The number of rotatable bonds is 5. The lowest BCUT2D eigenvalue weighted by Gasteiger charge is -2.31. The molecule has 0 bridgehead atoms. The van der Waals surface area contributed by atoms with E-state index in [1.807, 2.05) is 6.92 Å². The van der Waals surface area contributed by atoms with Crippen LogP contribution in [-0.4, -0.2) is 39.7 Å². The summed E-state index contributed by atoms with van der Waals surface area (Å²) in [5, 5.41) is 6.96. The first-order valence-electron chi connectivity index (χ1n) is 7.86. The van der Waals surface area contributed by atoms with Gasteiger partial charge in [0.15, 0.2) is 0 Å². The molecule has 114 valence electrons. The number of hydrogen-bond donors (Lipinski definition) is 1. The molecule has 3 heterocycles. The fourth-order valence-corrected chi connectivity index (χ4v) is 3.08. The van der Waals surface area contributed by atoms with Gasteiger partial charge in [-0.1, -0.05) is 6.92 Å². The van der Waals surface area contributed by atoms with Crippen LogP contribution < -0.4 is 0 Å². The first-order chi connectivity index (χ1) is 10.2. The number of piperidine rings is 1. The molecule has 5 nitrogen and oxygen atoms in total. The van der Waals surface area contributed by atoms with Gasteiger partial charge in [0.25, 0.3) is 0 Å². The molecule has 0 spiro atoms. The zero-order chi connectivity index (χ0) is 14.7. The molecule has 0 aromatic carbocycles. The van der Waals surface area contributed by atoms with Crippen LogP contribution in [0.4, 0.5) is 0 Å². The number of aromatic nitrogens is 3. The molecule has 3 rings (SSSR count).